The maximum absolute atomic E-state index is 13.8. The van der Waals surface area contributed by atoms with Gasteiger partial charge in [-0.2, -0.15) is 0 Å². The number of alkyl halides is 1. The third-order valence-electron chi connectivity index (χ3n) is 2.57. The molecule has 0 saturated carbocycles. The molecule has 0 aliphatic carbocycles. The van der Waals surface area contributed by atoms with Gasteiger partial charge < -0.3 is 5.32 Å². The molecule has 0 saturated heterocycles. The Balaban J connectivity index is 2.47. The molecule has 0 atom stereocenters. The van der Waals surface area contributed by atoms with Gasteiger partial charge in [-0.1, -0.05) is 50.7 Å². The second-order valence-corrected chi connectivity index (χ2v) is 5.53. The SMILES string of the molecule is N=C1C=C(c2ccccc2F)N/C(=C(\Br)CI)N1N. The summed E-state index contributed by atoms with van der Waals surface area (Å²) < 4.78 is 15.3. The van der Waals surface area contributed by atoms with E-state index in [4.69, 9.17) is 11.3 Å². The van der Waals surface area contributed by atoms with Gasteiger partial charge in [-0.05, 0) is 12.1 Å². The molecule has 100 valence electrons. The Morgan fingerprint density at radius 1 is 1.47 bits per heavy atom. The molecule has 1 aromatic rings. The van der Waals surface area contributed by atoms with E-state index in [9.17, 15) is 4.39 Å². The summed E-state index contributed by atoms with van der Waals surface area (Å²) >= 11 is 5.57. The molecule has 4 nitrogen and oxygen atoms in total. The summed E-state index contributed by atoms with van der Waals surface area (Å²) in [4.78, 5) is 0. The molecule has 1 aromatic carbocycles. The van der Waals surface area contributed by atoms with Gasteiger partial charge in [0.15, 0.2) is 0 Å². The molecule has 4 N–H and O–H groups in total. The van der Waals surface area contributed by atoms with Crippen LogP contribution in [0.5, 0.6) is 0 Å². The van der Waals surface area contributed by atoms with Crippen molar-refractivity contribution in [2.45, 2.75) is 0 Å². The number of benzene rings is 1. The molecule has 0 amide bonds. The zero-order valence-electron chi connectivity index (χ0n) is 9.75. The van der Waals surface area contributed by atoms with Crippen molar-refractivity contribution in [1.29, 1.82) is 5.41 Å². The van der Waals surface area contributed by atoms with Crippen molar-refractivity contribution in [3.8, 4) is 0 Å². The number of rotatable bonds is 2. The first-order valence-electron chi connectivity index (χ1n) is 5.36. The lowest BCUT2D eigenvalue weighted by molar-refractivity contribution is 0.505. The molecule has 0 bridgehead atoms. The average Bonchev–Trinajstić information content (AvgIpc) is 2.41. The van der Waals surface area contributed by atoms with Gasteiger partial charge in [0.25, 0.3) is 0 Å². The van der Waals surface area contributed by atoms with E-state index in [0.717, 1.165) is 4.48 Å². The first-order chi connectivity index (χ1) is 9.04. The fourth-order valence-corrected chi connectivity index (χ4v) is 2.29. The van der Waals surface area contributed by atoms with E-state index in [1.165, 1.54) is 17.2 Å². The molecule has 1 heterocycles. The van der Waals surface area contributed by atoms with E-state index < -0.39 is 0 Å². The van der Waals surface area contributed by atoms with Gasteiger partial charge in [-0.3, -0.25) is 5.41 Å². The van der Waals surface area contributed by atoms with Gasteiger partial charge in [-0.25, -0.2) is 15.2 Å². The van der Waals surface area contributed by atoms with Crippen LogP contribution in [0.1, 0.15) is 5.56 Å². The van der Waals surface area contributed by atoms with Crippen molar-refractivity contribution in [1.82, 2.24) is 10.3 Å². The number of halogens is 3. The van der Waals surface area contributed by atoms with Gasteiger partial charge in [0.05, 0.1) is 5.70 Å². The largest absolute Gasteiger partial charge is 0.339 e. The Morgan fingerprint density at radius 2 is 2.16 bits per heavy atom. The van der Waals surface area contributed by atoms with E-state index >= 15 is 0 Å². The minimum absolute atomic E-state index is 0.0915. The highest BCUT2D eigenvalue weighted by Gasteiger charge is 2.22. The Morgan fingerprint density at radius 3 is 2.79 bits per heavy atom. The van der Waals surface area contributed by atoms with Crippen LogP contribution < -0.4 is 11.2 Å². The molecule has 1 aliphatic rings. The van der Waals surface area contributed by atoms with E-state index in [1.54, 1.807) is 18.2 Å². The maximum Gasteiger partial charge on any atom is 0.143 e. The van der Waals surface area contributed by atoms with Crippen LogP contribution in [0.2, 0.25) is 0 Å². The number of amidine groups is 1. The van der Waals surface area contributed by atoms with Crippen LogP contribution in [0.15, 0.2) is 40.6 Å². The lowest BCUT2D eigenvalue weighted by Gasteiger charge is -2.29. The number of nitrogens with zero attached hydrogens (tertiary/aromatic N) is 1. The van der Waals surface area contributed by atoms with Gasteiger partial charge in [0.2, 0.25) is 0 Å². The third kappa shape index (κ3) is 2.98. The number of hydrazine groups is 1. The smallest absolute Gasteiger partial charge is 0.143 e. The Bertz CT molecular complexity index is 585. The quantitative estimate of drug-likeness (QED) is 0.379. The molecule has 1 aliphatic heterocycles. The molecule has 0 aromatic heterocycles. The molecule has 2 rings (SSSR count). The van der Waals surface area contributed by atoms with Crippen molar-refractivity contribution in [2.24, 2.45) is 5.84 Å². The number of hydrogen-bond acceptors (Lipinski definition) is 3. The normalized spacial score (nSPS) is 18.0. The fourth-order valence-electron chi connectivity index (χ4n) is 1.64. The summed E-state index contributed by atoms with van der Waals surface area (Å²) in [6.07, 6.45) is 1.50. The van der Waals surface area contributed by atoms with E-state index in [1.807, 2.05) is 0 Å². The van der Waals surface area contributed by atoms with Gasteiger partial charge in [-0.15, -0.1) is 0 Å². The first kappa shape index (κ1) is 14.5. The summed E-state index contributed by atoms with van der Waals surface area (Å²) in [6, 6.07) is 6.41. The van der Waals surface area contributed by atoms with Crippen LogP contribution in [0.25, 0.3) is 5.70 Å². The Kier molecular flexibility index (Phi) is 4.58. The third-order valence-corrected chi connectivity index (χ3v) is 5.04. The molecule has 19 heavy (non-hydrogen) atoms. The molecular weight excluding hydrogens is 426 g/mol. The zero-order valence-corrected chi connectivity index (χ0v) is 13.5. The number of nitrogens with two attached hydrogens (primary N) is 1. The van der Waals surface area contributed by atoms with Gasteiger partial charge in [0, 0.05) is 20.5 Å². The second-order valence-electron chi connectivity index (χ2n) is 3.81. The monoisotopic (exact) mass is 436 g/mol. The molecular formula is C12H11BrFIN4. The number of hydrogen-bond donors (Lipinski definition) is 3. The van der Waals surface area contributed by atoms with Crippen LogP contribution >= 0.6 is 38.5 Å². The lowest BCUT2D eigenvalue weighted by Crippen LogP contribution is -2.44. The van der Waals surface area contributed by atoms with Crippen molar-refractivity contribution >= 4 is 50.1 Å². The number of allylic oxidation sites excluding steroid dienone is 1. The predicted molar refractivity (Wildman–Crippen MR) is 86.1 cm³/mol. The van der Waals surface area contributed by atoms with Crippen molar-refractivity contribution < 1.29 is 4.39 Å². The van der Waals surface area contributed by atoms with Gasteiger partial charge >= 0.3 is 0 Å². The summed E-state index contributed by atoms with van der Waals surface area (Å²) in [6.45, 7) is 0. The highest BCUT2D eigenvalue weighted by atomic mass is 127. The highest BCUT2D eigenvalue weighted by molar-refractivity contribution is 14.1. The topological polar surface area (TPSA) is 65.1 Å². The second kappa shape index (κ2) is 6.02. The van der Waals surface area contributed by atoms with Crippen LogP contribution in [0.4, 0.5) is 4.39 Å². The van der Waals surface area contributed by atoms with Crippen molar-refractivity contribution in [3.63, 3.8) is 0 Å². The van der Waals surface area contributed by atoms with E-state index in [2.05, 4.69) is 43.8 Å². The molecule has 0 spiro atoms. The Labute approximate surface area is 132 Å². The zero-order chi connectivity index (χ0) is 14.0. The first-order valence-corrected chi connectivity index (χ1v) is 7.68. The summed E-state index contributed by atoms with van der Waals surface area (Å²) in [7, 11) is 0. The lowest BCUT2D eigenvalue weighted by atomic mass is 10.1. The van der Waals surface area contributed by atoms with Crippen molar-refractivity contribution in [3.05, 3.63) is 52.0 Å². The van der Waals surface area contributed by atoms with E-state index in [0.29, 0.717) is 21.5 Å². The highest BCUT2D eigenvalue weighted by Crippen LogP contribution is 2.24. The van der Waals surface area contributed by atoms with Crippen LogP contribution in [0, 0.1) is 11.2 Å². The molecule has 0 radical (unpaired) electrons. The maximum atomic E-state index is 13.8. The van der Waals surface area contributed by atoms with E-state index in [-0.39, 0.29) is 11.7 Å². The summed E-state index contributed by atoms with van der Waals surface area (Å²) in [5.74, 6) is 6.08. The average molecular weight is 437 g/mol. The number of nitrogens with one attached hydrogen (secondary N) is 2. The van der Waals surface area contributed by atoms with Crippen LogP contribution in [-0.2, 0) is 0 Å². The minimum Gasteiger partial charge on any atom is -0.339 e. The van der Waals surface area contributed by atoms with Crippen LogP contribution in [-0.4, -0.2) is 15.3 Å². The predicted octanol–water partition coefficient (Wildman–Crippen LogP) is 2.92. The molecule has 7 heteroatoms. The van der Waals surface area contributed by atoms with Crippen LogP contribution in [0.3, 0.4) is 0 Å². The minimum atomic E-state index is -0.343. The van der Waals surface area contributed by atoms with Crippen molar-refractivity contribution in [2.75, 3.05) is 4.43 Å². The molecule has 0 fully saturated rings. The van der Waals surface area contributed by atoms with Gasteiger partial charge in [0.1, 0.15) is 17.5 Å². The fraction of sp³-hybridized carbons (Fsp3) is 0.0833. The summed E-state index contributed by atoms with van der Waals surface area (Å²) in [5, 5.41) is 12.1. The Hall–Kier alpha value is -0.930. The molecule has 0 unspecified atom stereocenters. The summed E-state index contributed by atoms with van der Waals surface area (Å²) in [5.41, 5.74) is 0.924. The standard InChI is InChI=1S/C12H11BrFIN4/c13-8(6-15)12-18-10(5-11(16)19(12)17)7-3-1-2-4-9(7)14/h1-5,16,18H,6,17H2/b12-8+,16-11?.